The first-order valence-corrected chi connectivity index (χ1v) is 4.59. The fourth-order valence-corrected chi connectivity index (χ4v) is 1.86. The van der Waals surface area contributed by atoms with Gasteiger partial charge in [0.25, 0.3) is 0 Å². The van der Waals surface area contributed by atoms with E-state index >= 15 is 0 Å². The Morgan fingerprint density at radius 3 is 3.14 bits per heavy atom. The predicted octanol–water partition coefficient (Wildman–Crippen LogP) is 1.98. The molecule has 3 heteroatoms. The lowest BCUT2D eigenvalue weighted by Crippen LogP contribution is -2.06. The molecule has 1 aromatic heterocycles. The molecule has 1 aromatic carbocycles. The third kappa shape index (κ3) is 0.894. The molecule has 3 nitrogen and oxygen atoms in total. The Morgan fingerprint density at radius 1 is 1.36 bits per heavy atom. The summed E-state index contributed by atoms with van der Waals surface area (Å²) in [5.74, 6) is 0.881. The molecule has 70 valence electrons. The molecule has 0 unspecified atom stereocenters. The Hall–Kier alpha value is -1.77. The average Bonchev–Trinajstić information content (AvgIpc) is 2.61. The maximum absolute atomic E-state index is 5.59. The largest absolute Gasteiger partial charge is 0.485 e. The Labute approximate surface area is 81.9 Å². The zero-order valence-corrected chi connectivity index (χ0v) is 7.90. The summed E-state index contributed by atoms with van der Waals surface area (Å²) in [6, 6.07) is 8.27. The zero-order chi connectivity index (χ0) is 9.54. The third-order valence-electron chi connectivity index (χ3n) is 2.56. The van der Waals surface area contributed by atoms with Gasteiger partial charge in [0.15, 0.2) is 5.75 Å². The molecular weight excluding hydrogens is 176 g/mol. The van der Waals surface area contributed by atoms with Crippen LogP contribution in [0.5, 0.6) is 5.75 Å². The molecule has 0 fully saturated rings. The van der Waals surface area contributed by atoms with Gasteiger partial charge in [-0.15, -0.1) is 0 Å². The second-order valence-corrected chi connectivity index (χ2v) is 3.43. The number of hydrogen-bond donors (Lipinski definition) is 0. The van der Waals surface area contributed by atoms with Crippen molar-refractivity contribution in [2.45, 2.75) is 6.61 Å². The molecule has 0 radical (unpaired) electrons. The smallest absolute Gasteiger partial charge is 0.165 e. The van der Waals surface area contributed by atoms with Gasteiger partial charge in [0.05, 0.1) is 6.20 Å². The molecule has 0 amide bonds. The van der Waals surface area contributed by atoms with Crippen LogP contribution in [0.2, 0.25) is 0 Å². The van der Waals surface area contributed by atoms with E-state index < -0.39 is 0 Å². The molecule has 0 bridgehead atoms. The van der Waals surface area contributed by atoms with Crippen molar-refractivity contribution in [1.82, 2.24) is 9.78 Å². The van der Waals surface area contributed by atoms with Gasteiger partial charge in [0.2, 0.25) is 0 Å². The summed E-state index contributed by atoms with van der Waals surface area (Å²) in [6.07, 6.45) is 1.77. The lowest BCUT2D eigenvalue weighted by Gasteiger charge is -2.17. The summed E-state index contributed by atoms with van der Waals surface area (Å²) in [5, 5.41) is 4.19. The average molecular weight is 186 g/mol. The van der Waals surface area contributed by atoms with E-state index in [1.807, 2.05) is 23.9 Å². The maximum Gasteiger partial charge on any atom is 0.165 e. The number of ether oxygens (including phenoxy) is 1. The van der Waals surface area contributed by atoms with Crippen LogP contribution in [0.4, 0.5) is 0 Å². The molecule has 0 saturated carbocycles. The van der Waals surface area contributed by atoms with Crippen LogP contribution in [0.25, 0.3) is 11.3 Å². The van der Waals surface area contributed by atoms with Gasteiger partial charge in [-0.3, -0.25) is 4.68 Å². The molecule has 0 spiro atoms. The number of fused-ring (bicyclic) bond motifs is 3. The van der Waals surface area contributed by atoms with Crippen LogP contribution in [0.3, 0.4) is 0 Å². The van der Waals surface area contributed by atoms with Crippen molar-refractivity contribution in [3.05, 3.63) is 36.0 Å². The summed E-state index contributed by atoms with van der Waals surface area (Å²) in [4.78, 5) is 0. The van der Waals surface area contributed by atoms with Crippen LogP contribution in [0, 0.1) is 0 Å². The number of nitrogens with zero attached hydrogens (tertiary/aromatic N) is 2. The second kappa shape index (κ2) is 2.61. The molecule has 2 aromatic rings. The van der Waals surface area contributed by atoms with Gasteiger partial charge in [-0.2, -0.15) is 5.10 Å². The lowest BCUT2D eigenvalue weighted by molar-refractivity contribution is 0.302. The van der Waals surface area contributed by atoms with Crippen LogP contribution in [-0.4, -0.2) is 9.78 Å². The summed E-state index contributed by atoms with van der Waals surface area (Å²) in [5.41, 5.74) is 3.53. The first-order chi connectivity index (χ1) is 6.86. The number of benzene rings is 1. The summed E-state index contributed by atoms with van der Waals surface area (Å²) < 4.78 is 7.44. The lowest BCUT2D eigenvalue weighted by atomic mass is 10.0. The second-order valence-electron chi connectivity index (χ2n) is 3.43. The van der Waals surface area contributed by atoms with E-state index in [2.05, 4.69) is 17.2 Å². The minimum Gasteiger partial charge on any atom is -0.485 e. The van der Waals surface area contributed by atoms with Crippen molar-refractivity contribution >= 4 is 0 Å². The standard InChI is InChI=1S/C11H10N2O/c1-13-11-9-5-3-2-4-8(9)7-14-10(11)6-12-13/h2-6H,7H2,1H3. The highest BCUT2D eigenvalue weighted by molar-refractivity contribution is 5.71. The van der Waals surface area contributed by atoms with E-state index in [-0.39, 0.29) is 0 Å². The summed E-state index contributed by atoms with van der Waals surface area (Å²) in [7, 11) is 1.93. The van der Waals surface area contributed by atoms with Crippen molar-refractivity contribution in [3.63, 3.8) is 0 Å². The van der Waals surface area contributed by atoms with Gasteiger partial charge in [-0.1, -0.05) is 24.3 Å². The molecule has 0 aliphatic carbocycles. The molecule has 1 aliphatic heterocycles. The molecule has 0 saturated heterocycles. The van der Waals surface area contributed by atoms with Crippen molar-refractivity contribution in [2.24, 2.45) is 7.05 Å². The molecule has 0 atom stereocenters. The van der Waals surface area contributed by atoms with Crippen molar-refractivity contribution in [3.8, 4) is 17.0 Å². The van der Waals surface area contributed by atoms with Crippen LogP contribution < -0.4 is 4.74 Å². The summed E-state index contributed by atoms with van der Waals surface area (Å²) >= 11 is 0. The Kier molecular flexibility index (Phi) is 1.42. The molecule has 14 heavy (non-hydrogen) atoms. The number of aromatic nitrogens is 2. The zero-order valence-electron chi connectivity index (χ0n) is 7.90. The van der Waals surface area contributed by atoms with Crippen molar-refractivity contribution < 1.29 is 4.74 Å². The normalized spacial score (nSPS) is 12.9. The van der Waals surface area contributed by atoms with Gasteiger partial charge >= 0.3 is 0 Å². The number of hydrogen-bond acceptors (Lipinski definition) is 2. The van der Waals surface area contributed by atoms with E-state index in [0.717, 1.165) is 11.4 Å². The van der Waals surface area contributed by atoms with Crippen molar-refractivity contribution in [2.75, 3.05) is 0 Å². The highest BCUT2D eigenvalue weighted by Crippen LogP contribution is 2.36. The number of rotatable bonds is 0. The monoisotopic (exact) mass is 186 g/mol. The number of aryl methyl sites for hydroxylation is 1. The van der Waals surface area contributed by atoms with E-state index in [1.165, 1.54) is 11.1 Å². The van der Waals surface area contributed by atoms with Gasteiger partial charge in [-0.05, 0) is 5.56 Å². The minimum atomic E-state index is 0.648. The first kappa shape index (κ1) is 7.62. The highest BCUT2D eigenvalue weighted by atomic mass is 16.5. The molecule has 1 aliphatic rings. The highest BCUT2D eigenvalue weighted by Gasteiger charge is 2.19. The Balaban J connectivity index is 2.32. The third-order valence-corrected chi connectivity index (χ3v) is 2.56. The van der Waals surface area contributed by atoms with Crippen LogP contribution in [-0.2, 0) is 13.7 Å². The Bertz CT molecular complexity index is 488. The quantitative estimate of drug-likeness (QED) is 0.629. The van der Waals surface area contributed by atoms with Gasteiger partial charge in [0.1, 0.15) is 12.3 Å². The minimum absolute atomic E-state index is 0.648. The predicted molar refractivity (Wildman–Crippen MR) is 53.0 cm³/mol. The van der Waals surface area contributed by atoms with E-state index in [4.69, 9.17) is 4.74 Å². The topological polar surface area (TPSA) is 27.1 Å². The molecule has 3 rings (SSSR count). The van der Waals surface area contributed by atoms with Gasteiger partial charge < -0.3 is 4.74 Å². The van der Waals surface area contributed by atoms with E-state index in [0.29, 0.717) is 6.61 Å². The fourth-order valence-electron chi connectivity index (χ4n) is 1.86. The van der Waals surface area contributed by atoms with Crippen LogP contribution in [0.15, 0.2) is 30.5 Å². The van der Waals surface area contributed by atoms with Gasteiger partial charge in [0, 0.05) is 12.6 Å². The van der Waals surface area contributed by atoms with E-state index in [9.17, 15) is 0 Å². The van der Waals surface area contributed by atoms with Crippen LogP contribution >= 0.6 is 0 Å². The van der Waals surface area contributed by atoms with Gasteiger partial charge in [-0.25, -0.2) is 0 Å². The molecule has 0 N–H and O–H groups in total. The Morgan fingerprint density at radius 2 is 2.21 bits per heavy atom. The fraction of sp³-hybridized carbons (Fsp3) is 0.182. The van der Waals surface area contributed by atoms with Crippen molar-refractivity contribution in [1.29, 1.82) is 0 Å². The molecule has 2 heterocycles. The summed E-state index contributed by atoms with van der Waals surface area (Å²) in [6.45, 7) is 0.648. The van der Waals surface area contributed by atoms with Crippen LogP contribution in [0.1, 0.15) is 5.56 Å². The SMILES string of the molecule is Cn1ncc2c1-c1ccccc1CO2. The maximum atomic E-state index is 5.59. The first-order valence-electron chi connectivity index (χ1n) is 4.59. The molecular formula is C11H10N2O. The van der Waals surface area contributed by atoms with E-state index in [1.54, 1.807) is 6.20 Å².